The lowest BCUT2D eigenvalue weighted by molar-refractivity contribution is -0.179. The van der Waals surface area contributed by atoms with Gasteiger partial charge in [-0.05, 0) is 27.7 Å². The van der Waals surface area contributed by atoms with E-state index in [4.69, 9.17) is 14.9 Å². The summed E-state index contributed by atoms with van der Waals surface area (Å²) in [5, 5.41) is 17.5. The van der Waals surface area contributed by atoms with Gasteiger partial charge in [-0.1, -0.05) is 0 Å². The molecule has 0 amide bonds. The van der Waals surface area contributed by atoms with Crippen molar-refractivity contribution in [1.29, 1.82) is 0 Å². The highest BCUT2D eigenvalue weighted by Crippen LogP contribution is 2.10. The van der Waals surface area contributed by atoms with Crippen LogP contribution in [0.15, 0.2) is 0 Å². The Balaban J connectivity index is 4.31. The first-order valence-corrected chi connectivity index (χ1v) is 5.36. The summed E-state index contributed by atoms with van der Waals surface area (Å²) < 4.78 is 9.54. The fraction of sp³-hybridized carbons (Fsp3) is 0.727. The molecular weight excluding hydrogens is 244 g/mol. The number of aliphatic hydroxyl groups excluding tert-OH is 1. The number of carboxylic acid groups (broad SMARTS) is 1. The second-order valence-electron chi connectivity index (χ2n) is 4.73. The third kappa shape index (κ3) is 6.85. The third-order valence-electron chi connectivity index (χ3n) is 1.67. The van der Waals surface area contributed by atoms with E-state index < -0.39 is 42.1 Å². The van der Waals surface area contributed by atoms with Gasteiger partial charge in [0.2, 0.25) is 0 Å². The molecule has 7 nitrogen and oxygen atoms in total. The van der Waals surface area contributed by atoms with E-state index in [0.29, 0.717) is 0 Å². The highest BCUT2D eigenvalue weighted by Gasteiger charge is 2.28. The molecule has 0 spiro atoms. The van der Waals surface area contributed by atoms with Crippen molar-refractivity contribution < 1.29 is 34.1 Å². The zero-order valence-corrected chi connectivity index (χ0v) is 10.8. The summed E-state index contributed by atoms with van der Waals surface area (Å²) in [5.41, 5.74) is -0.725. The molecule has 0 aliphatic rings. The molecule has 0 aliphatic heterocycles. The number of carbonyl (C=O) groups is 3. The van der Waals surface area contributed by atoms with Gasteiger partial charge < -0.3 is 19.7 Å². The minimum Gasteiger partial charge on any atom is -0.481 e. The van der Waals surface area contributed by atoms with Crippen LogP contribution < -0.4 is 0 Å². The van der Waals surface area contributed by atoms with E-state index in [1.807, 2.05) is 0 Å². The zero-order chi connectivity index (χ0) is 14.5. The summed E-state index contributed by atoms with van der Waals surface area (Å²) in [6.07, 6.45) is -3.78. The van der Waals surface area contributed by atoms with E-state index in [1.54, 1.807) is 20.8 Å². The molecule has 7 heteroatoms. The van der Waals surface area contributed by atoms with Gasteiger partial charge in [0.05, 0.1) is 6.42 Å². The van der Waals surface area contributed by atoms with Crippen LogP contribution in [0.3, 0.4) is 0 Å². The van der Waals surface area contributed by atoms with Crippen LogP contribution in [0.25, 0.3) is 0 Å². The van der Waals surface area contributed by atoms with Crippen molar-refractivity contribution in [3.8, 4) is 0 Å². The molecule has 0 aliphatic carbocycles. The van der Waals surface area contributed by atoms with E-state index in [-0.39, 0.29) is 0 Å². The van der Waals surface area contributed by atoms with Crippen molar-refractivity contribution in [2.75, 3.05) is 0 Å². The van der Waals surface area contributed by atoms with E-state index in [2.05, 4.69) is 4.74 Å². The Bertz CT molecular complexity index is 329. The second kappa shape index (κ2) is 6.34. The quantitative estimate of drug-likeness (QED) is 0.676. The standard InChI is InChI=1S/C11H18O7/c1-6(9(15)18-11(2,3)4)17-10(16)7(12)5-8(13)14/h6-7,12H,5H2,1-4H3,(H,13,14). The molecule has 104 valence electrons. The lowest BCUT2D eigenvalue weighted by atomic mass is 10.2. The summed E-state index contributed by atoms with van der Waals surface area (Å²) in [4.78, 5) is 32.9. The van der Waals surface area contributed by atoms with Gasteiger partial charge in [0.1, 0.15) is 5.60 Å². The molecule has 0 aromatic carbocycles. The topological polar surface area (TPSA) is 110 Å². The molecule has 18 heavy (non-hydrogen) atoms. The predicted octanol–water partition coefficient (Wildman–Crippen LogP) is 0.0954. The minimum absolute atomic E-state index is 0.725. The first kappa shape index (κ1) is 16.4. The lowest BCUT2D eigenvalue weighted by Crippen LogP contribution is -2.36. The van der Waals surface area contributed by atoms with Crippen LogP contribution in [0, 0.1) is 0 Å². The molecule has 0 rings (SSSR count). The van der Waals surface area contributed by atoms with Crippen LogP contribution in [0.5, 0.6) is 0 Å². The van der Waals surface area contributed by atoms with Crippen LogP contribution in [-0.2, 0) is 23.9 Å². The number of hydrogen-bond donors (Lipinski definition) is 2. The smallest absolute Gasteiger partial charge is 0.347 e. The Kier molecular flexibility index (Phi) is 5.77. The molecular formula is C11H18O7. The number of esters is 2. The largest absolute Gasteiger partial charge is 0.481 e. The molecule has 0 aromatic rings. The monoisotopic (exact) mass is 262 g/mol. The highest BCUT2D eigenvalue weighted by atomic mass is 16.6. The van der Waals surface area contributed by atoms with Crippen molar-refractivity contribution in [3.05, 3.63) is 0 Å². The van der Waals surface area contributed by atoms with Gasteiger partial charge in [0, 0.05) is 0 Å². The van der Waals surface area contributed by atoms with Crippen molar-refractivity contribution in [2.24, 2.45) is 0 Å². The Morgan fingerprint density at radius 1 is 1.17 bits per heavy atom. The maximum Gasteiger partial charge on any atom is 0.347 e. The number of ether oxygens (including phenoxy) is 2. The van der Waals surface area contributed by atoms with Gasteiger partial charge >= 0.3 is 17.9 Å². The molecule has 0 radical (unpaired) electrons. The highest BCUT2D eigenvalue weighted by molar-refractivity contribution is 5.84. The molecule has 0 aromatic heterocycles. The summed E-state index contributed by atoms with van der Waals surface area (Å²) in [6.45, 7) is 6.23. The fourth-order valence-corrected chi connectivity index (χ4v) is 0.934. The number of hydrogen-bond acceptors (Lipinski definition) is 6. The van der Waals surface area contributed by atoms with Crippen molar-refractivity contribution in [2.45, 2.75) is 51.9 Å². The molecule has 2 N–H and O–H groups in total. The van der Waals surface area contributed by atoms with E-state index in [1.165, 1.54) is 6.92 Å². The van der Waals surface area contributed by atoms with Gasteiger partial charge in [0.25, 0.3) is 0 Å². The zero-order valence-electron chi connectivity index (χ0n) is 10.8. The van der Waals surface area contributed by atoms with Gasteiger partial charge in [-0.3, -0.25) is 4.79 Å². The lowest BCUT2D eigenvalue weighted by Gasteiger charge is -2.22. The number of aliphatic hydroxyl groups is 1. The Morgan fingerprint density at radius 2 is 1.67 bits per heavy atom. The summed E-state index contributed by atoms with van der Waals surface area (Å²) >= 11 is 0. The molecule has 2 unspecified atom stereocenters. The maximum absolute atomic E-state index is 11.4. The van der Waals surface area contributed by atoms with Crippen LogP contribution in [0.4, 0.5) is 0 Å². The summed E-state index contributed by atoms with van der Waals surface area (Å²) in [5.74, 6) is -3.28. The first-order valence-electron chi connectivity index (χ1n) is 5.36. The Hall–Kier alpha value is -1.63. The molecule has 0 fully saturated rings. The van der Waals surface area contributed by atoms with Gasteiger partial charge in [0.15, 0.2) is 12.2 Å². The maximum atomic E-state index is 11.4. The fourth-order valence-electron chi connectivity index (χ4n) is 0.934. The molecule has 0 heterocycles. The third-order valence-corrected chi connectivity index (χ3v) is 1.67. The normalized spacial score (nSPS) is 14.5. The molecule has 0 saturated carbocycles. The molecule has 0 saturated heterocycles. The summed E-state index contributed by atoms with van der Waals surface area (Å²) in [6, 6.07) is 0. The van der Waals surface area contributed by atoms with E-state index >= 15 is 0 Å². The van der Waals surface area contributed by atoms with Crippen molar-refractivity contribution in [1.82, 2.24) is 0 Å². The Morgan fingerprint density at radius 3 is 2.06 bits per heavy atom. The molecule has 2 atom stereocenters. The average molecular weight is 262 g/mol. The van der Waals surface area contributed by atoms with E-state index in [0.717, 1.165) is 0 Å². The minimum atomic E-state index is -1.80. The number of carbonyl (C=O) groups excluding carboxylic acids is 2. The number of rotatable bonds is 5. The van der Waals surface area contributed by atoms with Gasteiger partial charge in [-0.25, -0.2) is 9.59 Å². The summed E-state index contributed by atoms with van der Waals surface area (Å²) in [7, 11) is 0. The SMILES string of the molecule is CC(OC(=O)C(O)CC(=O)O)C(=O)OC(C)(C)C. The van der Waals surface area contributed by atoms with Crippen LogP contribution in [-0.4, -0.2) is 45.9 Å². The van der Waals surface area contributed by atoms with Crippen LogP contribution in [0.2, 0.25) is 0 Å². The van der Waals surface area contributed by atoms with Gasteiger partial charge in [-0.2, -0.15) is 0 Å². The Labute approximate surface area is 105 Å². The van der Waals surface area contributed by atoms with Crippen molar-refractivity contribution >= 4 is 17.9 Å². The van der Waals surface area contributed by atoms with Gasteiger partial charge in [-0.15, -0.1) is 0 Å². The van der Waals surface area contributed by atoms with E-state index in [9.17, 15) is 14.4 Å². The van der Waals surface area contributed by atoms with Crippen LogP contribution >= 0.6 is 0 Å². The van der Waals surface area contributed by atoms with Crippen LogP contribution in [0.1, 0.15) is 34.1 Å². The predicted molar refractivity (Wildman–Crippen MR) is 59.7 cm³/mol. The number of aliphatic carboxylic acids is 1. The van der Waals surface area contributed by atoms with Crippen molar-refractivity contribution in [3.63, 3.8) is 0 Å². The second-order valence-corrected chi connectivity index (χ2v) is 4.73. The number of carboxylic acids is 1. The average Bonchev–Trinajstić information content (AvgIpc) is 2.13. The first-order chi connectivity index (χ1) is 8.03. The molecule has 0 bridgehead atoms.